The average Bonchev–Trinajstić information content (AvgIpc) is 2.91. The summed E-state index contributed by atoms with van der Waals surface area (Å²) in [7, 11) is 0. The first-order valence-electron chi connectivity index (χ1n) is 13.5. The van der Waals surface area contributed by atoms with Gasteiger partial charge in [-0.15, -0.1) is 0 Å². The van der Waals surface area contributed by atoms with Gasteiger partial charge in [-0.25, -0.2) is 9.59 Å². The molecule has 0 saturated heterocycles. The van der Waals surface area contributed by atoms with Crippen LogP contribution in [0.15, 0.2) is 54.6 Å². The average molecular weight is 575 g/mol. The molecule has 0 aliphatic carbocycles. The normalized spacial score (nSPS) is 10.8. The topological polar surface area (TPSA) is 161 Å². The number of hydrogen-bond donors (Lipinski definition) is 2. The molecule has 10 nitrogen and oxygen atoms in total. The van der Waals surface area contributed by atoms with Crippen LogP contribution < -0.4 is 0 Å². The maximum Gasteiger partial charge on any atom is 0.333 e. The van der Waals surface area contributed by atoms with E-state index in [2.05, 4.69) is 13.2 Å². The molecule has 0 bridgehead atoms. The minimum atomic E-state index is -0.976. The largest absolute Gasteiger partial charge is 0.481 e. The molecule has 1 rings (SSSR count). The van der Waals surface area contributed by atoms with Crippen molar-refractivity contribution in [2.75, 3.05) is 13.2 Å². The number of rotatable bonds is 20. The summed E-state index contributed by atoms with van der Waals surface area (Å²) in [4.78, 5) is 67.0. The zero-order valence-corrected chi connectivity index (χ0v) is 24.0. The lowest BCUT2D eigenvalue weighted by molar-refractivity contribution is -0.143. The Morgan fingerprint density at radius 2 is 1.17 bits per heavy atom. The zero-order chi connectivity index (χ0) is 31.2. The number of carbonyl (C=O) groups excluding carboxylic acids is 4. The fourth-order valence-corrected chi connectivity index (χ4v) is 3.36. The molecule has 1 unspecified atom stereocenters. The molecule has 0 aliphatic heterocycles. The van der Waals surface area contributed by atoms with Gasteiger partial charge < -0.3 is 19.7 Å². The van der Waals surface area contributed by atoms with Crippen molar-refractivity contribution in [1.29, 1.82) is 0 Å². The summed E-state index contributed by atoms with van der Waals surface area (Å²) in [5.41, 5.74) is 1.54. The second kappa shape index (κ2) is 21.7. The van der Waals surface area contributed by atoms with E-state index in [1.165, 1.54) is 0 Å². The Morgan fingerprint density at radius 1 is 0.707 bits per heavy atom. The SMILES string of the molecule is C=C(C)C(=O)OCCCC(=O)CC(Cc1ccccc1)C(=O)O.C=C(C)C(=O)OCCCC(=O)CCCCC(=O)O. The zero-order valence-electron chi connectivity index (χ0n) is 24.0. The van der Waals surface area contributed by atoms with Gasteiger partial charge in [-0.3, -0.25) is 19.2 Å². The van der Waals surface area contributed by atoms with E-state index in [0.717, 1.165) is 5.56 Å². The maximum absolute atomic E-state index is 11.9. The first kappa shape index (κ1) is 36.9. The summed E-state index contributed by atoms with van der Waals surface area (Å²) >= 11 is 0. The molecule has 0 saturated carbocycles. The van der Waals surface area contributed by atoms with Crippen molar-refractivity contribution in [3.63, 3.8) is 0 Å². The quantitative estimate of drug-likeness (QED) is 0.125. The van der Waals surface area contributed by atoms with E-state index in [1.54, 1.807) is 13.8 Å². The molecule has 2 N–H and O–H groups in total. The fraction of sp³-hybridized carbons (Fsp3) is 0.484. The van der Waals surface area contributed by atoms with Crippen LogP contribution in [0.3, 0.4) is 0 Å². The highest BCUT2D eigenvalue weighted by atomic mass is 16.5. The van der Waals surface area contributed by atoms with E-state index in [1.807, 2.05) is 30.3 Å². The standard InChI is InChI=1S/C18H22O5.C13H20O5/c1-13(2)18(22)23-10-6-9-16(19)12-15(17(20)21)11-14-7-4-3-5-8-14;1-10(2)13(17)18-9-5-7-11(14)6-3-4-8-12(15)16/h3-5,7-8,15H,1,6,9-12H2,2H3,(H,20,21);1,3-9H2,2H3,(H,15,16). The second-order valence-electron chi connectivity index (χ2n) is 9.65. The first-order chi connectivity index (χ1) is 19.3. The number of carbonyl (C=O) groups is 6. The second-order valence-corrected chi connectivity index (χ2v) is 9.65. The van der Waals surface area contributed by atoms with Crippen molar-refractivity contribution < 1.29 is 48.5 Å². The number of carboxylic acids is 2. The Bertz CT molecular complexity index is 1040. The van der Waals surface area contributed by atoms with Crippen molar-refractivity contribution >= 4 is 35.4 Å². The Labute approximate surface area is 241 Å². The molecule has 0 aliphatic rings. The van der Waals surface area contributed by atoms with E-state index in [9.17, 15) is 33.9 Å². The van der Waals surface area contributed by atoms with E-state index in [0.29, 0.717) is 56.1 Å². The smallest absolute Gasteiger partial charge is 0.333 e. The Morgan fingerprint density at radius 3 is 1.63 bits per heavy atom. The molecule has 0 radical (unpaired) electrons. The van der Waals surface area contributed by atoms with Crippen LogP contribution >= 0.6 is 0 Å². The highest BCUT2D eigenvalue weighted by molar-refractivity contribution is 5.87. The van der Waals surface area contributed by atoms with Crippen LogP contribution in [0.1, 0.15) is 77.2 Å². The summed E-state index contributed by atoms with van der Waals surface area (Å²) < 4.78 is 9.74. The van der Waals surface area contributed by atoms with Crippen molar-refractivity contribution in [3.05, 3.63) is 60.2 Å². The Kier molecular flexibility index (Phi) is 19.5. The van der Waals surface area contributed by atoms with E-state index in [-0.39, 0.29) is 44.0 Å². The number of carboxylic acid groups (broad SMARTS) is 2. The summed E-state index contributed by atoms with van der Waals surface area (Å²) in [6, 6.07) is 9.23. The van der Waals surface area contributed by atoms with Gasteiger partial charge in [0.25, 0.3) is 0 Å². The number of aliphatic carboxylic acids is 2. The van der Waals surface area contributed by atoms with Gasteiger partial charge in [0, 0.05) is 43.3 Å². The molecule has 0 amide bonds. The van der Waals surface area contributed by atoms with Crippen molar-refractivity contribution in [2.45, 2.75) is 78.1 Å². The van der Waals surface area contributed by atoms with Crippen molar-refractivity contribution in [1.82, 2.24) is 0 Å². The summed E-state index contributed by atoms with van der Waals surface area (Å²) in [6.45, 7) is 10.4. The van der Waals surface area contributed by atoms with Crippen LogP contribution in [0.4, 0.5) is 0 Å². The number of Topliss-reactive ketones (excluding diaryl/α,β-unsaturated/α-hetero) is 2. The maximum atomic E-state index is 11.9. The molecule has 0 fully saturated rings. The number of unbranched alkanes of at least 4 members (excludes halogenated alkanes) is 1. The number of ketones is 2. The van der Waals surface area contributed by atoms with Gasteiger partial charge in [0.15, 0.2) is 0 Å². The lowest BCUT2D eigenvalue weighted by atomic mass is 9.93. The van der Waals surface area contributed by atoms with E-state index >= 15 is 0 Å². The monoisotopic (exact) mass is 574 g/mol. The molecule has 1 aromatic carbocycles. The number of hydrogen-bond acceptors (Lipinski definition) is 8. The highest BCUT2D eigenvalue weighted by Gasteiger charge is 2.21. The third kappa shape index (κ3) is 20.5. The van der Waals surface area contributed by atoms with Gasteiger partial charge in [-0.1, -0.05) is 43.5 Å². The van der Waals surface area contributed by atoms with Crippen LogP contribution in [-0.4, -0.2) is 58.9 Å². The minimum Gasteiger partial charge on any atom is -0.481 e. The molecule has 41 heavy (non-hydrogen) atoms. The molecule has 1 atom stereocenters. The van der Waals surface area contributed by atoms with Crippen LogP contribution in [0.25, 0.3) is 0 Å². The molecule has 0 heterocycles. The summed E-state index contributed by atoms with van der Waals surface area (Å²) in [5, 5.41) is 17.7. The molecule has 0 spiro atoms. The first-order valence-corrected chi connectivity index (χ1v) is 13.5. The van der Waals surface area contributed by atoms with Crippen LogP contribution in [0.2, 0.25) is 0 Å². The third-order valence-corrected chi connectivity index (χ3v) is 5.61. The molecule has 10 heteroatoms. The summed E-state index contributed by atoms with van der Waals surface area (Å²) in [5.74, 6) is -3.53. The van der Waals surface area contributed by atoms with Crippen molar-refractivity contribution in [3.8, 4) is 0 Å². The lowest BCUT2D eigenvalue weighted by Crippen LogP contribution is -2.20. The molecule has 0 aromatic heterocycles. The molecular weight excluding hydrogens is 532 g/mol. The van der Waals surface area contributed by atoms with E-state index in [4.69, 9.17) is 14.6 Å². The lowest BCUT2D eigenvalue weighted by Gasteiger charge is -2.11. The van der Waals surface area contributed by atoms with Crippen LogP contribution in [-0.2, 0) is 44.7 Å². The fourth-order valence-electron chi connectivity index (χ4n) is 3.36. The van der Waals surface area contributed by atoms with Gasteiger partial charge in [0.2, 0.25) is 0 Å². The summed E-state index contributed by atoms with van der Waals surface area (Å²) in [6.07, 6.45) is 3.35. The number of ether oxygens (including phenoxy) is 2. The predicted octanol–water partition coefficient (Wildman–Crippen LogP) is 4.89. The molecule has 226 valence electrons. The van der Waals surface area contributed by atoms with Gasteiger partial charge >= 0.3 is 23.9 Å². The molecular formula is C31H42O10. The van der Waals surface area contributed by atoms with Crippen molar-refractivity contribution in [2.24, 2.45) is 5.92 Å². The third-order valence-electron chi connectivity index (χ3n) is 5.61. The van der Waals surface area contributed by atoms with Gasteiger partial charge in [0.1, 0.15) is 11.6 Å². The van der Waals surface area contributed by atoms with Gasteiger partial charge in [0.05, 0.1) is 19.1 Å². The number of benzene rings is 1. The minimum absolute atomic E-state index is 0.0152. The Balaban J connectivity index is 0.000000807. The molecule has 1 aromatic rings. The van der Waals surface area contributed by atoms with Gasteiger partial charge in [-0.05, 0) is 51.5 Å². The van der Waals surface area contributed by atoms with Crippen LogP contribution in [0.5, 0.6) is 0 Å². The highest BCUT2D eigenvalue weighted by Crippen LogP contribution is 2.15. The van der Waals surface area contributed by atoms with Crippen LogP contribution in [0, 0.1) is 5.92 Å². The predicted molar refractivity (Wildman–Crippen MR) is 152 cm³/mol. The van der Waals surface area contributed by atoms with E-state index < -0.39 is 29.8 Å². The Hall–Kier alpha value is -4.08. The van der Waals surface area contributed by atoms with Gasteiger partial charge in [-0.2, -0.15) is 0 Å². The number of esters is 2.